The van der Waals surface area contributed by atoms with E-state index in [4.69, 9.17) is 0 Å². The van der Waals surface area contributed by atoms with Crippen molar-refractivity contribution >= 4 is 17.8 Å². The van der Waals surface area contributed by atoms with Gasteiger partial charge in [0.05, 0.1) is 0 Å². The van der Waals surface area contributed by atoms with Crippen molar-refractivity contribution in [3.63, 3.8) is 0 Å². The van der Waals surface area contributed by atoms with Crippen LogP contribution in [0.25, 0.3) is 5.82 Å². The fourth-order valence-electron chi connectivity index (χ4n) is 3.06. The van der Waals surface area contributed by atoms with Crippen molar-refractivity contribution in [2.24, 2.45) is 0 Å². The third kappa shape index (κ3) is 3.90. The second kappa shape index (κ2) is 7.70. The van der Waals surface area contributed by atoms with Gasteiger partial charge < -0.3 is 10.2 Å². The minimum Gasteiger partial charge on any atom is -0.334 e. The molecule has 2 heterocycles. The summed E-state index contributed by atoms with van der Waals surface area (Å²) in [6, 6.07) is 4.21. The predicted octanol–water partition coefficient (Wildman–Crippen LogP) is 2.69. The number of hydrogen-bond donors (Lipinski definition) is 1. The van der Waals surface area contributed by atoms with E-state index in [1.54, 1.807) is 18.7 Å². The molecule has 1 aliphatic carbocycles. The Labute approximate surface area is 146 Å². The molecule has 1 N–H and O–H groups in total. The summed E-state index contributed by atoms with van der Waals surface area (Å²) in [5.74, 6) is 0.797. The first-order valence-corrected chi connectivity index (χ1v) is 9.43. The maximum atomic E-state index is 12.4. The van der Waals surface area contributed by atoms with Crippen LogP contribution in [-0.4, -0.2) is 50.1 Å². The molecule has 2 amide bonds. The Hall–Kier alpha value is -2.02. The number of aromatic nitrogens is 3. The van der Waals surface area contributed by atoms with E-state index in [0.29, 0.717) is 17.8 Å². The lowest BCUT2D eigenvalue weighted by atomic mass is 10.2. The number of nitrogens with one attached hydrogen (secondary N) is 1. The van der Waals surface area contributed by atoms with Crippen LogP contribution >= 0.6 is 11.8 Å². The first kappa shape index (κ1) is 16.8. The monoisotopic (exact) mass is 345 g/mol. The van der Waals surface area contributed by atoms with Crippen molar-refractivity contribution in [2.75, 3.05) is 13.3 Å². The number of carbonyl (C=O) groups excluding carboxylic acids is 1. The largest absolute Gasteiger partial charge is 0.334 e. The van der Waals surface area contributed by atoms with Gasteiger partial charge in [-0.05, 0) is 43.2 Å². The van der Waals surface area contributed by atoms with Gasteiger partial charge in [0.2, 0.25) is 0 Å². The summed E-state index contributed by atoms with van der Waals surface area (Å²) in [6.07, 6.45) is 12.5. The Morgan fingerprint density at radius 2 is 2.33 bits per heavy atom. The van der Waals surface area contributed by atoms with Gasteiger partial charge in [-0.15, -0.1) is 0 Å². The van der Waals surface area contributed by atoms with Gasteiger partial charge in [0, 0.05) is 43.5 Å². The average molecular weight is 345 g/mol. The summed E-state index contributed by atoms with van der Waals surface area (Å²) in [6.45, 7) is 0.492. The lowest BCUT2D eigenvalue weighted by Gasteiger charge is -2.25. The Kier molecular flexibility index (Phi) is 5.40. The summed E-state index contributed by atoms with van der Waals surface area (Å²) in [5.41, 5.74) is 1.02. The first-order valence-electron chi connectivity index (χ1n) is 8.14. The van der Waals surface area contributed by atoms with Gasteiger partial charge in [0.1, 0.15) is 12.1 Å². The molecule has 0 radical (unpaired) electrons. The number of thioether (sulfide) groups is 1. The SMILES string of the molecule is CSC1CCC(N(C)C(=O)NCc2ccnc(-n3ccnc3)c2)C1. The van der Waals surface area contributed by atoms with E-state index in [2.05, 4.69) is 21.5 Å². The van der Waals surface area contributed by atoms with Crippen LogP contribution in [0, 0.1) is 0 Å². The Morgan fingerprint density at radius 1 is 1.46 bits per heavy atom. The van der Waals surface area contributed by atoms with Crippen LogP contribution in [0.1, 0.15) is 24.8 Å². The smallest absolute Gasteiger partial charge is 0.317 e. The third-order valence-electron chi connectivity index (χ3n) is 4.58. The summed E-state index contributed by atoms with van der Waals surface area (Å²) in [4.78, 5) is 22.6. The second-order valence-corrected chi connectivity index (χ2v) is 7.22. The van der Waals surface area contributed by atoms with Crippen LogP contribution in [0.2, 0.25) is 0 Å². The summed E-state index contributed by atoms with van der Waals surface area (Å²) in [5, 5.41) is 3.69. The van der Waals surface area contributed by atoms with Gasteiger partial charge in [-0.25, -0.2) is 14.8 Å². The van der Waals surface area contributed by atoms with Crippen molar-refractivity contribution in [2.45, 2.75) is 37.1 Å². The number of pyridine rings is 1. The molecular formula is C17H23N5OS. The molecule has 0 aromatic carbocycles. The van der Waals surface area contributed by atoms with Crippen LogP contribution in [0.5, 0.6) is 0 Å². The number of carbonyl (C=O) groups is 1. The van der Waals surface area contributed by atoms with E-state index < -0.39 is 0 Å². The van der Waals surface area contributed by atoms with Gasteiger partial charge in [-0.1, -0.05) is 0 Å². The molecule has 1 saturated carbocycles. The van der Waals surface area contributed by atoms with Crippen LogP contribution in [-0.2, 0) is 6.54 Å². The van der Waals surface area contributed by atoms with Crippen LogP contribution in [0.3, 0.4) is 0 Å². The van der Waals surface area contributed by atoms with Crippen LogP contribution in [0.15, 0.2) is 37.1 Å². The maximum absolute atomic E-state index is 12.4. The van der Waals surface area contributed by atoms with Gasteiger partial charge in [-0.3, -0.25) is 4.57 Å². The van der Waals surface area contributed by atoms with Crippen LogP contribution < -0.4 is 5.32 Å². The third-order valence-corrected chi connectivity index (χ3v) is 5.68. The fourth-order valence-corrected chi connectivity index (χ4v) is 3.84. The number of urea groups is 1. The normalized spacial score (nSPS) is 20.1. The van der Waals surface area contributed by atoms with Crippen molar-refractivity contribution in [3.8, 4) is 5.82 Å². The van der Waals surface area contributed by atoms with E-state index in [1.807, 2.05) is 46.6 Å². The number of amides is 2. The molecule has 3 rings (SSSR count). The van der Waals surface area contributed by atoms with Gasteiger partial charge >= 0.3 is 6.03 Å². The standard InChI is InChI=1S/C17H23N5OS/c1-21(14-3-4-15(10-14)24-2)17(23)20-11-13-5-6-19-16(9-13)22-8-7-18-12-22/h5-9,12,14-15H,3-4,10-11H2,1-2H3,(H,20,23). The second-order valence-electron chi connectivity index (χ2n) is 6.09. The molecule has 2 aromatic heterocycles. The Balaban J connectivity index is 1.55. The molecule has 1 aliphatic rings. The Morgan fingerprint density at radius 3 is 3.04 bits per heavy atom. The van der Waals surface area contributed by atoms with Gasteiger partial charge in [0.25, 0.3) is 0 Å². The molecule has 0 saturated heterocycles. The summed E-state index contributed by atoms with van der Waals surface area (Å²) < 4.78 is 1.85. The van der Waals surface area contributed by atoms with E-state index >= 15 is 0 Å². The molecule has 2 unspecified atom stereocenters. The highest BCUT2D eigenvalue weighted by molar-refractivity contribution is 7.99. The molecule has 0 bridgehead atoms. The number of rotatable bonds is 5. The highest BCUT2D eigenvalue weighted by Crippen LogP contribution is 2.30. The number of nitrogens with zero attached hydrogens (tertiary/aromatic N) is 4. The van der Waals surface area contributed by atoms with Crippen LogP contribution in [0.4, 0.5) is 4.79 Å². The van der Waals surface area contributed by atoms with Crippen molar-refractivity contribution in [3.05, 3.63) is 42.6 Å². The molecule has 7 heteroatoms. The van der Waals surface area contributed by atoms with Crippen molar-refractivity contribution in [1.82, 2.24) is 24.8 Å². The highest BCUT2D eigenvalue weighted by Gasteiger charge is 2.29. The molecule has 6 nitrogen and oxygen atoms in total. The highest BCUT2D eigenvalue weighted by atomic mass is 32.2. The van der Waals surface area contributed by atoms with E-state index in [-0.39, 0.29) is 6.03 Å². The molecule has 0 aliphatic heterocycles. The topological polar surface area (TPSA) is 63.1 Å². The molecule has 128 valence electrons. The van der Waals surface area contributed by atoms with E-state index in [0.717, 1.165) is 24.2 Å². The lowest BCUT2D eigenvalue weighted by Crippen LogP contribution is -2.42. The first-order chi connectivity index (χ1) is 11.7. The zero-order valence-corrected chi connectivity index (χ0v) is 14.9. The molecule has 24 heavy (non-hydrogen) atoms. The van der Waals surface area contributed by atoms with E-state index in [1.165, 1.54) is 6.42 Å². The van der Waals surface area contributed by atoms with E-state index in [9.17, 15) is 4.79 Å². The average Bonchev–Trinajstić information content (AvgIpc) is 3.30. The molecule has 0 spiro atoms. The van der Waals surface area contributed by atoms with Gasteiger partial charge in [-0.2, -0.15) is 11.8 Å². The minimum absolute atomic E-state index is 0.0113. The van der Waals surface area contributed by atoms with Crippen molar-refractivity contribution in [1.29, 1.82) is 0 Å². The number of imidazole rings is 1. The molecular weight excluding hydrogens is 322 g/mol. The predicted molar refractivity (Wildman–Crippen MR) is 96.3 cm³/mol. The summed E-state index contributed by atoms with van der Waals surface area (Å²) in [7, 11) is 1.90. The molecule has 2 aromatic rings. The quantitative estimate of drug-likeness (QED) is 0.905. The fraction of sp³-hybridized carbons (Fsp3) is 0.471. The number of hydrogen-bond acceptors (Lipinski definition) is 4. The Bertz CT molecular complexity index is 675. The molecule has 1 fully saturated rings. The summed E-state index contributed by atoms with van der Waals surface area (Å²) >= 11 is 1.90. The minimum atomic E-state index is -0.0113. The van der Waals surface area contributed by atoms with Gasteiger partial charge in [0.15, 0.2) is 0 Å². The zero-order valence-electron chi connectivity index (χ0n) is 14.1. The zero-order chi connectivity index (χ0) is 16.9. The lowest BCUT2D eigenvalue weighted by molar-refractivity contribution is 0.190. The maximum Gasteiger partial charge on any atom is 0.317 e. The van der Waals surface area contributed by atoms with Crippen molar-refractivity contribution < 1.29 is 4.79 Å². The molecule has 2 atom stereocenters.